The molecule has 0 heterocycles. The van der Waals surface area contributed by atoms with Crippen molar-refractivity contribution in [2.45, 2.75) is 33.7 Å². The van der Waals surface area contributed by atoms with Crippen molar-refractivity contribution in [3.63, 3.8) is 0 Å². The lowest BCUT2D eigenvalue weighted by atomic mass is 9.91. The Morgan fingerprint density at radius 1 is 1.14 bits per heavy atom. The van der Waals surface area contributed by atoms with Crippen LogP contribution in [0.4, 0.5) is 0 Å². The van der Waals surface area contributed by atoms with Crippen LogP contribution in [-0.4, -0.2) is 5.88 Å². The zero-order valence-corrected chi connectivity index (χ0v) is 10.1. The second-order valence-corrected chi connectivity index (χ2v) is 4.24. The van der Waals surface area contributed by atoms with Gasteiger partial charge in [-0.2, -0.15) is 0 Å². The van der Waals surface area contributed by atoms with Gasteiger partial charge in [-0.15, -0.1) is 11.6 Å². The molecule has 0 aliphatic heterocycles. The van der Waals surface area contributed by atoms with E-state index in [0.29, 0.717) is 5.88 Å². The molecule has 2 N–H and O–H groups in total. The Balaban J connectivity index is 3.39. The molecule has 0 aliphatic rings. The van der Waals surface area contributed by atoms with Gasteiger partial charge in [0.05, 0.1) is 0 Å². The average molecular weight is 212 g/mol. The molecule has 14 heavy (non-hydrogen) atoms. The fourth-order valence-electron chi connectivity index (χ4n) is 1.88. The van der Waals surface area contributed by atoms with Crippen molar-refractivity contribution in [1.82, 2.24) is 0 Å². The van der Waals surface area contributed by atoms with E-state index < -0.39 is 0 Å². The molecular weight excluding hydrogens is 194 g/mol. The molecule has 0 radical (unpaired) electrons. The highest BCUT2D eigenvalue weighted by Crippen LogP contribution is 2.26. The van der Waals surface area contributed by atoms with Gasteiger partial charge in [-0.3, -0.25) is 0 Å². The van der Waals surface area contributed by atoms with Crippen LogP contribution in [0.15, 0.2) is 6.07 Å². The predicted molar refractivity (Wildman–Crippen MR) is 63.0 cm³/mol. The summed E-state index contributed by atoms with van der Waals surface area (Å²) in [5.41, 5.74) is 12.4. The Labute approximate surface area is 91.3 Å². The summed E-state index contributed by atoms with van der Waals surface area (Å²) in [7, 11) is 0. The van der Waals surface area contributed by atoms with E-state index in [1.807, 2.05) is 0 Å². The maximum atomic E-state index is 6.00. The molecule has 1 nitrogen and oxygen atoms in total. The van der Waals surface area contributed by atoms with Crippen LogP contribution in [0.1, 0.15) is 33.9 Å². The summed E-state index contributed by atoms with van der Waals surface area (Å²) in [5.74, 6) is 0.477. The van der Waals surface area contributed by atoms with Crippen LogP contribution in [0.3, 0.4) is 0 Å². The second-order valence-electron chi connectivity index (χ2n) is 3.93. The lowest BCUT2D eigenvalue weighted by Crippen LogP contribution is -2.16. The fourth-order valence-corrected chi connectivity index (χ4v) is 2.03. The molecule has 0 bridgehead atoms. The molecule has 0 saturated heterocycles. The third-order valence-corrected chi connectivity index (χ3v) is 3.29. The van der Waals surface area contributed by atoms with Crippen molar-refractivity contribution >= 4 is 11.6 Å². The average Bonchev–Trinajstić information content (AvgIpc) is 2.15. The van der Waals surface area contributed by atoms with Crippen LogP contribution in [0.25, 0.3) is 0 Å². The molecule has 1 rings (SSSR count). The predicted octanol–water partition coefficient (Wildman–Crippen LogP) is 3.16. The maximum absolute atomic E-state index is 6.00. The summed E-state index contributed by atoms with van der Waals surface area (Å²) in [6.45, 7) is 8.46. The summed E-state index contributed by atoms with van der Waals surface area (Å²) in [4.78, 5) is 0. The van der Waals surface area contributed by atoms with E-state index in [1.165, 1.54) is 27.8 Å². The highest BCUT2D eigenvalue weighted by atomic mass is 35.5. The van der Waals surface area contributed by atoms with E-state index in [2.05, 4.69) is 33.8 Å². The minimum atomic E-state index is -0.0460. The Hall–Kier alpha value is -0.530. The zero-order chi connectivity index (χ0) is 10.9. The van der Waals surface area contributed by atoms with Gasteiger partial charge in [-0.25, -0.2) is 0 Å². The first kappa shape index (κ1) is 11.5. The Bertz CT molecular complexity index is 318. The van der Waals surface area contributed by atoms with Crippen molar-refractivity contribution in [1.29, 1.82) is 0 Å². The molecule has 0 fully saturated rings. The van der Waals surface area contributed by atoms with Crippen LogP contribution in [0, 0.1) is 27.7 Å². The standard InChI is InChI=1S/C12H18ClN/c1-7-5-8(2)10(4)12(9(7)3)11(14)6-13/h5,11H,6,14H2,1-4H3. The molecule has 1 aromatic carbocycles. The quantitative estimate of drug-likeness (QED) is 0.748. The number of halogens is 1. The number of hydrogen-bond donors (Lipinski definition) is 1. The molecule has 0 aromatic heterocycles. The smallest absolute Gasteiger partial charge is 0.0437 e. The van der Waals surface area contributed by atoms with E-state index in [1.54, 1.807) is 0 Å². The minimum Gasteiger partial charge on any atom is -0.323 e. The summed E-state index contributed by atoms with van der Waals surface area (Å²) >= 11 is 5.81. The van der Waals surface area contributed by atoms with Crippen molar-refractivity contribution in [2.75, 3.05) is 5.88 Å². The largest absolute Gasteiger partial charge is 0.323 e. The Morgan fingerprint density at radius 2 is 1.57 bits per heavy atom. The minimum absolute atomic E-state index is 0.0460. The topological polar surface area (TPSA) is 26.0 Å². The summed E-state index contributed by atoms with van der Waals surface area (Å²) in [6, 6.07) is 2.16. The van der Waals surface area contributed by atoms with Crippen LogP contribution < -0.4 is 5.73 Å². The number of nitrogens with two attached hydrogens (primary N) is 1. The summed E-state index contributed by atoms with van der Waals surface area (Å²) in [6.07, 6.45) is 0. The van der Waals surface area contributed by atoms with E-state index in [-0.39, 0.29) is 6.04 Å². The van der Waals surface area contributed by atoms with Gasteiger partial charge in [0.25, 0.3) is 0 Å². The zero-order valence-electron chi connectivity index (χ0n) is 9.32. The lowest BCUT2D eigenvalue weighted by molar-refractivity contribution is 0.804. The third-order valence-electron chi connectivity index (χ3n) is 2.96. The van der Waals surface area contributed by atoms with Crippen LogP contribution in [0.2, 0.25) is 0 Å². The van der Waals surface area contributed by atoms with Gasteiger partial charge in [0.2, 0.25) is 0 Å². The molecule has 78 valence electrons. The number of alkyl halides is 1. The van der Waals surface area contributed by atoms with Crippen molar-refractivity contribution in [3.8, 4) is 0 Å². The first-order chi connectivity index (χ1) is 6.49. The highest BCUT2D eigenvalue weighted by molar-refractivity contribution is 6.18. The Kier molecular flexibility index (Phi) is 3.57. The molecule has 1 aromatic rings. The van der Waals surface area contributed by atoms with Crippen molar-refractivity contribution in [3.05, 3.63) is 33.9 Å². The summed E-state index contributed by atoms with van der Waals surface area (Å²) in [5, 5.41) is 0. The molecule has 0 saturated carbocycles. The van der Waals surface area contributed by atoms with Crippen LogP contribution in [0.5, 0.6) is 0 Å². The maximum Gasteiger partial charge on any atom is 0.0437 e. The molecular formula is C12H18ClN. The molecule has 1 unspecified atom stereocenters. The van der Waals surface area contributed by atoms with Gasteiger partial charge in [0.15, 0.2) is 0 Å². The van der Waals surface area contributed by atoms with Gasteiger partial charge >= 0.3 is 0 Å². The van der Waals surface area contributed by atoms with Gasteiger partial charge in [0, 0.05) is 11.9 Å². The first-order valence-corrected chi connectivity index (χ1v) is 5.41. The van der Waals surface area contributed by atoms with Gasteiger partial charge in [-0.1, -0.05) is 6.07 Å². The van der Waals surface area contributed by atoms with Gasteiger partial charge in [-0.05, 0) is 55.5 Å². The first-order valence-electron chi connectivity index (χ1n) is 4.87. The number of benzene rings is 1. The van der Waals surface area contributed by atoms with E-state index in [0.717, 1.165) is 0 Å². The van der Waals surface area contributed by atoms with Crippen molar-refractivity contribution < 1.29 is 0 Å². The van der Waals surface area contributed by atoms with E-state index in [4.69, 9.17) is 17.3 Å². The number of aryl methyl sites for hydroxylation is 2. The SMILES string of the molecule is Cc1cc(C)c(C)c(C(N)CCl)c1C. The number of rotatable bonds is 2. The van der Waals surface area contributed by atoms with E-state index in [9.17, 15) is 0 Å². The molecule has 0 amide bonds. The third kappa shape index (κ3) is 1.94. The highest BCUT2D eigenvalue weighted by Gasteiger charge is 2.13. The van der Waals surface area contributed by atoms with Crippen LogP contribution in [-0.2, 0) is 0 Å². The van der Waals surface area contributed by atoms with Crippen LogP contribution >= 0.6 is 11.6 Å². The normalized spacial score (nSPS) is 13.0. The summed E-state index contributed by atoms with van der Waals surface area (Å²) < 4.78 is 0. The molecule has 2 heteroatoms. The monoisotopic (exact) mass is 211 g/mol. The molecule has 0 spiro atoms. The van der Waals surface area contributed by atoms with E-state index >= 15 is 0 Å². The van der Waals surface area contributed by atoms with Gasteiger partial charge in [0.1, 0.15) is 0 Å². The molecule has 1 atom stereocenters. The fraction of sp³-hybridized carbons (Fsp3) is 0.500. The second kappa shape index (κ2) is 4.33. The Morgan fingerprint density at radius 3 is 1.93 bits per heavy atom. The number of hydrogen-bond acceptors (Lipinski definition) is 1. The lowest BCUT2D eigenvalue weighted by Gasteiger charge is -2.19. The van der Waals surface area contributed by atoms with Crippen molar-refractivity contribution in [2.24, 2.45) is 5.73 Å². The molecule has 0 aliphatic carbocycles. The van der Waals surface area contributed by atoms with Gasteiger partial charge < -0.3 is 5.73 Å².